The van der Waals surface area contributed by atoms with Crippen LogP contribution in [0.3, 0.4) is 0 Å². The molecule has 0 unspecified atom stereocenters. The molecule has 1 heterocycles. The number of nitrogens with two attached hydrogens (primary N) is 1. The highest BCUT2D eigenvalue weighted by Gasteiger charge is 2.26. The molecule has 1 aliphatic heterocycles. The van der Waals surface area contributed by atoms with Crippen molar-refractivity contribution in [1.29, 1.82) is 0 Å². The van der Waals surface area contributed by atoms with Gasteiger partial charge >= 0.3 is 7.66 Å². The van der Waals surface area contributed by atoms with E-state index in [9.17, 15) is 0 Å². The van der Waals surface area contributed by atoms with Crippen LogP contribution in [0.4, 0.5) is 0 Å². The lowest BCUT2D eigenvalue weighted by Gasteiger charge is -2.23. The van der Waals surface area contributed by atoms with Crippen LogP contribution in [0.15, 0.2) is 14.5 Å². The maximum atomic E-state index is 5.64. The lowest BCUT2D eigenvalue weighted by Crippen LogP contribution is -2.26. The van der Waals surface area contributed by atoms with Crippen molar-refractivity contribution in [3.8, 4) is 0 Å². The van der Waals surface area contributed by atoms with Gasteiger partial charge in [0.1, 0.15) is 0 Å². The largest absolute Gasteiger partial charge is 0.368 e. The maximum Gasteiger partial charge on any atom is 0.347 e. The number of rotatable bonds is 4. The van der Waals surface area contributed by atoms with E-state index in [0.717, 1.165) is 0 Å². The van der Waals surface area contributed by atoms with E-state index in [1.165, 1.54) is 0 Å². The molecule has 7 nitrogen and oxygen atoms in total. The Labute approximate surface area is 95.6 Å². The topological polar surface area (TPSA) is 84.8 Å². The fraction of sp³-hybridized carbons (Fsp3) is 0.750. The molecule has 0 amide bonds. The molecule has 0 spiro atoms. The molecule has 1 aliphatic rings. The van der Waals surface area contributed by atoms with E-state index in [1.54, 1.807) is 4.90 Å². The van der Waals surface area contributed by atoms with Gasteiger partial charge < -0.3 is 19.7 Å². The summed E-state index contributed by atoms with van der Waals surface area (Å²) in [5.74, 6) is 0.622. The molecule has 2 N–H and O–H groups in total. The van der Waals surface area contributed by atoms with Gasteiger partial charge in [0, 0.05) is 14.1 Å². The van der Waals surface area contributed by atoms with Gasteiger partial charge in [-0.2, -0.15) is 14.5 Å². The summed E-state index contributed by atoms with van der Waals surface area (Å²) in [5.41, 5.74) is 5.64. The van der Waals surface area contributed by atoms with Gasteiger partial charge in [-0.15, -0.1) is 0 Å². The van der Waals surface area contributed by atoms with E-state index in [-0.39, 0.29) is 5.96 Å². The Bertz CT molecular complexity index is 353. The van der Waals surface area contributed by atoms with E-state index in [2.05, 4.69) is 14.5 Å². The summed E-state index contributed by atoms with van der Waals surface area (Å²) in [6.07, 6.45) is 0. The Morgan fingerprint density at radius 1 is 1.25 bits per heavy atom. The first-order valence-corrected chi connectivity index (χ1v) is 6.59. The smallest absolute Gasteiger partial charge is 0.347 e. The third-order valence-electron chi connectivity index (χ3n) is 1.65. The van der Waals surface area contributed by atoms with Crippen LogP contribution < -0.4 is 5.73 Å². The van der Waals surface area contributed by atoms with E-state index >= 15 is 0 Å². The van der Waals surface area contributed by atoms with Crippen molar-refractivity contribution < 1.29 is 9.05 Å². The molecule has 0 aromatic carbocycles. The molecule has 0 aromatic rings. The van der Waals surface area contributed by atoms with Crippen LogP contribution in [-0.2, 0) is 9.05 Å². The molecule has 0 bridgehead atoms. The third kappa shape index (κ3) is 3.04. The van der Waals surface area contributed by atoms with Crippen LogP contribution in [0.2, 0.25) is 0 Å². The number of hydrogen-bond donors (Lipinski definition) is 1. The minimum atomic E-state index is -2.64. The van der Waals surface area contributed by atoms with Gasteiger partial charge in [0.15, 0.2) is 0 Å². The van der Waals surface area contributed by atoms with Crippen molar-refractivity contribution in [2.24, 2.45) is 20.2 Å². The number of guanidine groups is 2. The van der Waals surface area contributed by atoms with Gasteiger partial charge in [0.2, 0.25) is 11.9 Å². The average Bonchev–Trinajstić information content (AvgIpc) is 2.17. The molecule has 0 saturated carbocycles. The number of nitrogens with zero attached hydrogens (tertiary/aromatic N) is 4. The zero-order valence-electron chi connectivity index (χ0n) is 10.0. The molecule has 0 fully saturated rings. The van der Waals surface area contributed by atoms with Crippen LogP contribution in [0.25, 0.3) is 0 Å². The SMILES string of the molecule is CCOP1(OCC)=NC(N(C)C)=NC(N)=N1. The molecule has 0 radical (unpaired) electrons. The number of aliphatic imine (C=N–C) groups is 1. The lowest BCUT2D eigenvalue weighted by atomic mass is 10.8. The normalized spacial score (nSPS) is 18.5. The van der Waals surface area contributed by atoms with E-state index < -0.39 is 7.66 Å². The molecule has 1 rings (SSSR count). The monoisotopic (exact) mass is 247 g/mol. The Morgan fingerprint density at radius 3 is 2.25 bits per heavy atom. The Kier molecular flexibility index (Phi) is 4.46. The van der Waals surface area contributed by atoms with Gasteiger partial charge in [0.25, 0.3) is 0 Å². The molecular formula is C8H18N5O2P. The van der Waals surface area contributed by atoms with Crippen LogP contribution in [0.1, 0.15) is 13.8 Å². The van der Waals surface area contributed by atoms with E-state index in [4.69, 9.17) is 14.8 Å². The van der Waals surface area contributed by atoms with Crippen molar-refractivity contribution in [2.45, 2.75) is 13.8 Å². The molecule has 0 atom stereocenters. The summed E-state index contributed by atoms with van der Waals surface area (Å²) in [6.45, 7) is 4.66. The fourth-order valence-corrected chi connectivity index (χ4v) is 2.87. The summed E-state index contributed by atoms with van der Waals surface area (Å²) in [4.78, 5) is 5.76. The minimum Gasteiger partial charge on any atom is -0.368 e. The Balaban J connectivity index is 3.13. The summed E-state index contributed by atoms with van der Waals surface area (Å²) in [6, 6.07) is 0. The van der Waals surface area contributed by atoms with Crippen LogP contribution in [0, 0.1) is 0 Å². The van der Waals surface area contributed by atoms with Crippen LogP contribution >= 0.6 is 7.66 Å². The van der Waals surface area contributed by atoms with E-state index in [1.807, 2.05) is 27.9 Å². The molecule has 0 aromatic heterocycles. The standard InChI is InChI=1S/C8H18N5O2P/c1-5-14-16(15-6-2)11-7(9)10-8(12-16)13(3)4/h5-6H2,1-4H3,(H2,9,11). The molecule has 8 heteroatoms. The van der Waals surface area contributed by atoms with Crippen molar-refractivity contribution in [1.82, 2.24) is 4.90 Å². The quantitative estimate of drug-likeness (QED) is 0.757. The predicted molar refractivity (Wildman–Crippen MR) is 65.3 cm³/mol. The Morgan fingerprint density at radius 2 is 1.81 bits per heavy atom. The highest BCUT2D eigenvalue weighted by Crippen LogP contribution is 2.54. The third-order valence-corrected chi connectivity index (χ3v) is 3.73. The summed E-state index contributed by atoms with van der Waals surface area (Å²) >= 11 is 0. The van der Waals surface area contributed by atoms with Gasteiger partial charge in [-0.3, -0.25) is 0 Å². The van der Waals surface area contributed by atoms with Gasteiger partial charge in [-0.05, 0) is 13.8 Å². The van der Waals surface area contributed by atoms with E-state index in [0.29, 0.717) is 19.2 Å². The molecule has 16 heavy (non-hydrogen) atoms. The fourth-order valence-electron chi connectivity index (χ4n) is 1.09. The minimum absolute atomic E-state index is 0.147. The summed E-state index contributed by atoms with van der Waals surface area (Å²) in [5, 5.41) is 0. The highest BCUT2D eigenvalue weighted by atomic mass is 31.2. The molecule has 92 valence electrons. The first-order chi connectivity index (χ1) is 7.53. The zero-order valence-corrected chi connectivity index (χ0v) is 10.9. The van der Waals surface area contributed by atoms with Crippen molar-refractivity contribution in [2.75, 3.05) is 27.3 Å². The summed E-state index contributed by atoms with van der Waals surface area (Å²) in [7, 11) is 1.01. The van der Waals surface area contributed by atoms with Gasteiger partial charge in [-0.1, -0.05) is 0 Å². The second-order valence-electron chi connectivity index (χ2n) is 3.19. The second kappa shape index (κ2) is 5.43. The second-order valence-corrected chi connectivity index (χ2v) is 5.09. The zero-order chi connectivity index (χ0) is 12.2. The lowest BCUT2D eigenvalue weighted by molar-refractivity contribution is 0.259. The first kappa shape index (κ1) is 13.2. The van der Waals surface area contributed by atoms with Gasteiger partial charge in [0.05, 0.1) is 13.2 Å². The summed E-state index contributed by atoms with van der Waals surface area (Å²) < 4.78 is 19.4. The highest BCUT2D eigenvalue weighted by molar-refractivity contribution is 7.55. The van der Waals surface area contributed by atoms with Crippen molar-refractivity contribution in [3.05, 3.63) is 0 Å². The van der Waals surface area contributed by atoms with Crippen LogP contribution in [0.5, 0.6) is 0 Å². The predicted octanol–water partition coefficient (Wildman–Crippen LogP) is 1.25. The molecule has 0 saturated heterocycles. The van der Waals surface area contributed by atoms with Crippen molar-refractivity contribution in [3.63, 3.8) is 0 Å². The number of hydrogen-bond acceptors (Lipinski definition) is 7. The maximum absolute atomic E-state index is 5.64. The Hall–Kier alpha value is -0.910. The molecular weight excluding hydrogens is 229 g/mol. The van der Waals surface area contributed by atoms with Crippen LogP contribution in [-0.4, -0.2) is 44.1 Å². The first-order valence-electron chi connectivity index (χ1n) is 5.06. The van der Waals surface area contributed by atoms with Crippen molar-refractivity contribution >= 4 is 19.6 Å². The van der Waals surface area contributed by atoms with Gasteiger partial charge in [-0.25, -0.2) is 0 Å². The molecule has 0 aliphatic carbocycles. The average molecular weight is 247 g/mol.